The fourth-order valence-corrected chi connectivity index (χ4v) is 1.75. The second-order valence-corrected chi connectivity index (χ2v) is 5.22. The predicted molar refractivity (Wildman–Crippen MR) is 59.5 cm³/mol. The van der Waals surface area contributed by atoms with Crippen molar-refractivity contribution in [1.82, 2.24) is 5.32 Å². The van der Waals surface area contributed by atoms with Crippen molar-refractivity contribution in [3.63, 3.8) is 0 Å². The van der Waals surface area contributed by atoms with E-state index < -0.39 is 5.60 Å². The molecule has 0 aromatic carbocycles. The summed E-state index contributed by atoms with van der Waals surface area (Å²) in [5.41, 5.74) is 5.17. The fraction of sp³-hybridized carbons (Fsp3) is 0.909. The highest BCUT2D eigenvalue weighted by molar-refractivity contribution is 5.67. The van der Waals surface area contributed by atoms with E-state index in [1.165, 1.54) is 6.42 Å². The molecule has 2 atom stereocenters. The van der Waals surface area contributed by atoms with Gasteiger partial charge in [-0.3, -0.25) is 0 Å². The number of nitrogens with two attached hydrogens (primary N) is 1. The Balaban J connectivity index is 2.17. The molecule has 1 saturated carbocycles. The van der Waals surface area contributed by atoms with Crippen LogP contribution in [-0.4, -0.2) is 24.8 Å². The number of rotatable bonds is 3. The zero-order valence-corrected chi connectivity index (χ0v) is 9.88. The topological polar surface area (TPSA) is 64.3 Å². The molecular weight excluding hydrogens is 192 g/mol. The Bertz CT molecular complexity index is 221. The third-order valence-electron chi connectivity index (χ3n) is 2.79. The van der Waals surface area contributed by atoms with Gasteiger partial charge in [0, 0.05) is 6.54 Å². The zero-order chi connectivity index (χ0) is 11.5. The molecule has 4 nitrogen and oxygen atoms in total. The van der Waals surface area contributed by atoms with Gasteiger partial charge in [-0.2, -0.15) is 0 Å². The van der Waals surface area contributed by atoms with E-state index in [2.05, 4.69) is 5.32 Å². The van der Waals surface area contributed by atoms with E-state index in [1.807, 2.05) is 20.8 Å². The third kappa shape index (κ3) is 4.08. The van der Waals surface area contributed by atoms with Crippen molar-refractivity contribution < 1.29 is 9.53 Å². The number of hydrogen-bond acceptors (Lipinski definition) is 3. The van der Waals surface area contributed by atoms with Crippen LogP contribution in [0, 0.1) is 11.8 Å². The van der Waals surface area contributed by atoms with Crippen molar-refractivity contribution in [2.45, 2.75) is 39.2 Å². The summed E-state index contributed by atoms with van der Waals surface area (Å²) >= 11 is 0. The molecule has 0 unspecified atom stereocenters. The highest BCUT2D eigenvalue weighted by atomic mass is 16.6. The van der Waals surface area contributed by atoms with Gasteiger partial charge in [-0.05, 0) is 52.0 Å². The molecule has 0 bridgehead atoms. The molecule has 0 spiro atoms. The van der Waals surface area contributed by atoms with Crippen LogP contribution in [0.5, 0.6) is 0 Å². The first-order valence-corrected chi connectivity index (χ1v) is 5.59. The lowest BCUT2D eigenvalue weighted by Gasteiger charge is -2.35. The van der Waals surface area contributed by atoms with E-state index in [1.54, 1.807) is 0 Å². The summed E-state index contributed by atoms with van der Waals surface area (Å²) in [4.78, 5) is 11.3. The van der Waals surface area contributed by atoms with Crippen molar-refractivity contribution in [1.29, 1.82) is 0 Å². The zero-order valence-electron chi connectivity index (χ0n) is 9.88. The first-order valence-electron chi connectivity index (χ1n) is 5.59. The quantitative estimate of drug-likeness (QED) is 0.748. The Hall–Kier alpha value is -0.770. The lowest BCUT2D eigenvalue weighted by atomic mass is 9.74. The van der Waals surface area contributed by atoms with Crippen molar-refractivity contribution in [3.8, 4) is 0 Å². The molecule has 0 radical (unpaired) electrons. The average Bonchev–Trinajstić information content (AvgIpc) is 1.99. The van der Waals surface area contributed by atoms with E-state index in [0.29, 0.717) is 18.4 Å². The molecule has 1 rings (SSSR count). The van der Waals surface area contributed by atoms with Gasteiger partial charge < -0.3 is 15.8 Å². The molecule has 4 heteroatoms. The van der Waals surface area contributed by atoms with Crippen LogP contribution in [0.3, 0.4) is 0 Å². The molecule has 0 aliphatic heterocycles. The number of carbonyl (C=O) groups is 1. The SMILES string of the molecule is CC(C)(C)OC(=O)NC[C@@H]1CC[C@H]1CN. The average molecular weight is 214 g/mol. The molecule has 0 heterocycles. The molecule has 0 aromatic heterocycles. The minimum absolute atomic E-state index is 0.329. The van der Waals surface area contributed by atoms with E-state index in [9.17, 15) is 4.79 Å². The fourth-order valence-electron chi connectivity index (χ4n) is 1.75. The van der Waals surface area contributed by atoms with Gasteiger partial charge in [0.25, 0.3) is 0 Å². The predicted octanol–water partition coefficient (Wildman–Crippen LogP) is 1.50. The molecule has 3 N–H and O–H groups in total. The second kappa shape index (κ2) is 4.84. The van der Waals surface area contributed by atoms with Gasteiger partial charge in [0.15, 0.2) is 0 Å². The number of amides is 1. The van der Waals surface area contributed by atoms with Gasteiger partial charge in [0.05, 0.1) is 0 Å². The van der Waals surface area contributed by atoms with E-state index in [0.717, 1.165) is 13.0 Å². The maximum Gasteiger partial charge on any atom is 0.407 e. The summed E-state index contributed by atoms with van der Waals surface area (Å²) in [7, 11) is 0. The molecule has 0 aromatic rings. The highest BCUT2D eigenvalue weighted by Crippen LogP contribution is 2.32. The van der Waals surface area contributed by atoms with Gasteiger partial charge in [-0.15, -0.1) is 0 Å². The second-order valence-electron chi connectivity index (χ2n) is 5.22. The summed E-state index contributed by atoms with van der Waals surface area (Å²) in [5, 5.41) is 2.79. The van der Waals surface area contributed by atoms with E-state index in [-0.39, 0.29) is 6.09 Å². The highest BCUT2D eigenvalue weighted by Gasteiger charge is 2.30. The molecule has 0 saturated heterocycles. The monoisotopic (exact) mass is 214 g/mol. The van der Waals surface area contributed by atoms with E-state index >= 15 is 0 Å². The summed E-state index contributed by atoms with van der Waals surface area (Å²) in [5.74, 6) is 1.13. The van der Waals surface area contributed by atoms with E-state index in [4.69, 9.17) is 10.5 Å². The Labute approximate surface area is 91.5 Å². The summed E-state index contributed by atoms with van der Waals surface area (Å²) in [6, 6.07) is 0. The van der Waals surface area contributed by atoms with Gasteiger partial charge >= 0.3 is 6.09 Å². The number of carbonyl (C=O) groups excluding carboxylic acids is 1. The molecule has 88 valence electrons. The molecule has 15 heavy (non-hydrogen) atoms. The van der Waals surface area contributed by atoms with Crippen molar-refractivity contribution in [2.75, 3.05) is 13.1 Å². The van der Waals surface area contributed by atoms with Crippen LogP contribution in [0.15, 0.2) is 0 Å². The summed E-state index contributed by atoms with van der Waals surface area (Å²) < 4.78 is 5.14. The van der Waals surface area contributed by atoms with Crippen molar-refractivity contribution in [3.05, 3.63) is 0 Å². The van der Waals surface area contributed by atoms with Gasteiger partial charge in [0.1, 0.15) is 5.60 Å². The maximum atomic E-state index is 11.3. The first kappa shape index (κ1) is 12.3. The molecular formula is C11H22N2O2. The Morgan fingerprint density at radius 1 is 1.40 bits per heavy atom. The number of alkyl carbamates (subject to hydrolysis) is 1. The first-order chi connectivity index (χ1) is 6.92. The van der Waals surface area contributed by atoms with Crippen LogP contribution in [0.4, 0.5) is 4.79 Å². The van der Waals surface area contributed by atoms with Gasteiger partial charge in [-0.25, -0.2) is 4.79 Å². The minimum Gasteiger partial charge on any atom is -0.444 e. The normalized spacial score (nSPS) is 25.6. The Morgan fingerprint density at radius 3 is 2.40 bits per heavy atom. The van der Waals surface area contributed by atoms with Crippen LogP contribution in [0.1, 0.15) is 33.6 Å². The minimum atomic E-state index is -0.420. The third-order valence-corrected chi connectivity index (χ3v) is 2.79. The molecule has 1 amide bonds. The Kier molecular flexibility index (Phi) is 3.97. The summed E-state index contributed by atoms with van der Waals surface area (Å²) in [6.45, 7) is 6.99. The van der Waals surface area contributed by atoms with Crippen LogP contribution >= 0.6 is 0 Å². The molecule has 1 fully saturated rings. The smallest absolute Gasteiger partial charge is 0.407 e. The van der Waals surface area contributed by atoms with Crippen molar-refractivity contribution in [2.24, 2.45) is 17.6 Å². The summed E-state index contributed by atoms with van der Waals surface area (Å²) in [6.07, 6.45) is 2.03. The Morgan fingerprint density at radius 2 is 2.00 bits per heavy atom. The number of nitrogens with one attached hydrogen (secondary N) is 1. The number of hydrogen-bond donors (Lipinski definition) is 2. The number of ether oxygens (including phenoxy) is 1. The van der Waals surface area contributed by atoms with Crippen molar-refractivity contribution >= 4 is 6.09 Å². The lowest BCUT2D eigenvalue weighted by molar-refractivity contribution is 0.0493. The van der Waals surface area contributed by atoms with Crippen LogP contribution in [-0.2, 0) is 4.74 Å². The van der Waals surface area contributed by atoms with Gasteiger partial charge in [-0.1, -0.05) is 0 Å². The van der Waals surface area contributed by atoms with Crippen LogP contribution < -0.4 is 11.1 Å². The molecule has 1 aliphatic carbocycles. The molecule has 1 aliphatic rings. The van der Waals surface area contributed by atoms with Gasteiger partial charge in [0.2, 0.25) is 0 Å². The standard InChI is InChI=1S/C11H22N2O2/c1-11(2,3)15-10(14)13-7-9-5-4-8(9)6-12/h8-9H,4-7,12H2,1-3H3,(H,13,14)/t8-,9-/m0/s1. The maximum absolute atomic E-state index is 11.3. The largest absolute Gasteiger partial charge is 0.444 e. The lowest BCUT2D eigenvalue weighted by Crippen LogP contribution is -2.42. The van der Waals surface area contributed by atoms with Crippen LogP contribution in [0.2, 0.25) is 0 Å². The van der Waals surface area contributed by atoms with Crippen LogP contribution in [0.25, 0.3) is 0 Å².